The number of rotatable bonds is 7. The summed E-state index contributed by atoms with van der Waals surface area (Å²) in [5.74, 6) is 0.0495. The van der Waals surface area contributed by atoms with Crippen LogP contribution in [-0.4, -0.2) is 62.9 Å². The van der Waals surface area contributed by atoms with Crippen LogP contribution in [0.15, 0.2) is 53.4 Å². The van der Waals surface area contributed by atoms with E-state index in [1.165, 1.54) is 16.4 Å². The molecule has 1 atom stereocenters. The molecule has 31 heavy (non-hydrogen) atoms. The van der Waals surface area contributed by atoms with Crippen LogP contribution in [-0.2, 0) is 26.2 Å². The smallest absolute Gasteiger partial charge is 0.251 e. The Labute approximate surface area is 182 Å². The minimum atomic E-state index is -3.74. The van der Waals surface area contributed by atoms with Gasteiger partial charge in [-0.05, 0) is 55.3 Å². The van der Waals surface area contributed by atoms with Crippen molar-refractivity contribution in [3.05, 3.63) is 59.9 Å². The second-order valence-corrected chi connectivity index (χ2v) is 9.28. The molecule has 0 aromatic heterocycles. The lowest BCUT2D eigenvalue weighted by molar-refractivity contribution is -0.143. The maximum Gasteiger partial charge on any atom is 0.251 e. The van der Waals surface area contributed by atoms with Gasteiger partial charge in [0.05, 0.1) is 18.6 Å². The number of carbonyl (C=O) groups excluding carboxylic acids is 1. The number of amides is 1. The molecule has 0 radical (unpaired) electrons. The molecule has 1 unspecified atom stereocenters. The molecule has 0 aliphatic carbocycles. The normalized spacial score (nSPS) is 16.5. The van der Waals surface area contributed by atoms with Gasteiger partial charge in [-0.25, -0.2) is 12.8 Å². The highest BCUT2D eigenvalue weighted by molar-refractivity contribution is 7.89. The molecule has 3 rings (SSSR count). The van der Waals surface area contributed by atoms with Crippen molar-refractivity contribution in [2.75, 3.05) is 33.3 Å². The Bertz CT molecular complexity index is 997. The van der Waals surface area contributed by atoms with Gasteiger partial charge in [0, 0.05) is 26.2 Å². The molecule has 2 aromatic rings. The number of hydrogen-bond donors (Lipinski definition) is 0. The SMILES string of the molecule is COc1cccc(COC(C)C(=O)N2CCCN(S(=O)(=O)c3ccc(F)cc3)CC2)c1. The third-order valence-corrected chi connectivity index (χ3v) is 7.11. The van der Waals surface area contributed by atoms with E-state index in [1.54, 1.807) is 18.9 Å². The van der Waals surface area contributed by atoms with E-state index < -0.39 is 21.9 Å². The molecule has 1 fully saturated rings. The van der Waals surface area contributed by atoms with Gasteiger partial charge in [0.25, 0.3) is 5.91 Å². The molecule has 0 spiro atoms. The van der Waals surface area contributed by atoms with Gasteiger partial charge in [-0.3, -0.25) is 4.79 Å². The fraction of sp³-hybridized carbons (Fsp3) is 0.409. The van der Waals surface area contributed by atoms with Gasteiger partial charge < -0.3 is 14.4 Å². The third-order valence-electron chi connectivity index (χ3n) is 5.20. The van der Waals surface area contributed by atoms with E-state index in [0.29, 0.717) is 19.5 Å². The topological polar surface area (TPSA) is 76.2 Å². The minimum Gasteiger partial charge on any atom is -0.497 e. The van der Waals surface area contributed by atoms with Gasteiger partial charge >= 0.3 is 0 Å². The van der Waals surface area contributed by atoms with Crippen LogP contribution in [0.1, 0.15) is 18.9 Å². The Hall–Kier alpha value is -2.49. The number of halogens is 1. The number of sulfonamides is 1. The van der Waals surface area contributed by atoms with Gasteiger partial charge in [-0.1, -0.05) is 12.1 Å². The molecule has 1 aliphatic rings. The summed E-state index contributed by atoms with van der Waals surface area (Å²) in [7, 11) is -2.15. The maximum atomic E-state index is 13.1. The number of hydrogen-bond acceptors (Lipinski definition) is 5. The molecule has 1 aliphatic heterocycles. The van der Waals surface area contributed by atoms with Crippen LogP contribution >= 0.6 is 0 Å². The van der Waals surface area contributed by atoms with Gasteiger partial charge in [-0.15, -0.1) is 0 Å². The van der Waals surface area contributed by atoms with E-state index in [1.807, 2.05) is 24.3 Å². The van der Waals surface area contributed by atoms with Gasteiger partial charge in [0.2, 0.25) is 10.0 Å². The van der Waals surface area contributed by atoms with Crippen LogP contribution in [0.4, 0.5) is 4.39 Å². The van der Waals surface area contributed by atoms with E-state index in [4.69, 9.17) is 9.47 Å². The van der Waals surface area contributed by atoms with E-state index in [2.05, 4.69) is 0 Å². The number of benzene rings is 2. The second kappa shape index (κ2) is 10.2. The summed E-state index contributed by atoms with van der Waals surface area (Å²) in [6, 6.07) is 12.2. The number of carbonyl (C=O) groups is 1. The Balaban J connectivity index is 1.57. The first-order valence-corrected chi connectivity index (χ1v) is 11.5. The molecule has 0 N–H and O–H groups in total. The molecule has 9 heteroatoms. The van der Waals surface area contributed by atoms with Crippen molar-refractivity contribution in [1.29, 1.82) is 0 Å². The van der Waals surface area contributed by atoms with Crippen LogP contribution in [0, 0.1) is 5.82 Å². The molecular formula is C22H27FN2O5S. The summed E-state index contributed by atoms with van der Waals surface area (Å²) < 4.78 is 51.1. The van der Waals surface area contributed by atoms with Crippen molar-refractivity contribution in [1.82, 2.24) is 9.21 Å². The first-order chi connectivity index (χ1) is 14.8. The quantitative estimate of drug-likeness (QED) is 0.648. The van der Waals surface area contributed by atoms with Crippen LogP contribution in [0.3, 0.4) is 0 Å². The lowest BCUT2D eigenvalue weighted by Gasteiger charge is -2.25. The number of methoxy groups -OCH3 is 1. The van der Waals surface area contributed by atoms with E-state index in [0.717, 1.165) is 23.4 Å². The Morgan fingerprint density at radius 3 is 2.55 bits per heavy atom. The highest BCUT2D eigenvalue weighted by atomic mass is 32.2. The summed E-state index contributed by atoms with van der Waals surface area (Å²) in [4.78, 5) is 14.5. The largest absolute Gasteiger partial charge is 0.497 e. The molecule has 2 aromatic carbocycles. The standard InChI is InChI=1S/C22H27FN2O5S/c1-17(30-16-18-5-3-6-20(15-18)29-2)22(26)24-11-4-12-25(14-13-24)31(27,28)21-9-7-19(23)8-10-21/h3,5-10,15,17H,4,11-14,16H2,1-2H3. The molecule has 0 bridgehead atoms. The first kappa shape index (κ1) is 23.2. The van der Waals surface area contributed by atoms with Crippen LogP contribution in [0.5, 0.6) is 5.75 Å². The Morgan fingerprint density at radius 2 is 1.84 bits per heavy atom. The molecule has 1 amide bonds. The van der Waals surface area contributed by atoms with Gasteiger partial charge in [0.15, 0.2) is 0 Å². The molecular weight excluding hydrogens is 423 g/mol. The lowest BCUT2D eigenvalue weighted by Crippen LogP contribution is -2.42. The number of ether oxygens (including phenoxy) is 2. The van der Waals surface area contributed by atoms with Crippen molar-refractivity contribution < 1.29 is 27.1 Å². The van der Waals surface area contributed by atoms with Gasteiger partial charge in [0.1, 0.15) is 17.7 Å². The zero-order valence-corrected chi connectivity index (χ0v) is 18.5. The van der Waals surface area contributed by atoms with Crippen molar-refractivity contribution in [2.45, 2.75) is 31.0 Å². The monoisotopic (exact) mass is 450 g/mol. The van der Waals surface area contributed by atoms with Crippen molar-refractivity contribution >= 4 is 15.9 Å². The van der Waals surface area contributed by atoms with Crippen molar-refractivity contribution in [3.63, 3.8) is 0 Å². The van der Waals surface area contributed by atoms with E-state index in [9.17, 15) is 17.6 Å². The summed E-state index contributed by atoms with van der Waals surface area (Å²) >= 11 is 0. The molecule has 168 valence electrons. The molecule has 1 heterocycles. The lowest BCUT2D eigenvalue weighted by atomic mass is 10.2. The molecule has 7 nitrogen and oxygen atoms in total. The maximum absolute atomic E-state index is 13.1. The fourth-order valence-corrected chi connectivity index (χ4v) is 4.89. The fourth-order valence-electron chi connectivity index (χ4n) is 3.42. The van der Waals surface area contributed by atoms with Crippen LogP contribution in [0.25, 0.3) is 0 Å². The zero-order valence-electron chi connectivity index (χ0n) is 17.7. The minimum absolute atomic E-state index is 0.0451. The average molecular weight is 451 g/mol. The van der Waals surface area contributed by atoms with Crippen LogP contribution < -0.4 is 4.74 Å². The zero-order chi connectivity index (χ0) is 22.4. The summed E-state index contributed by atoms with van der Waals surface area (Å²) in [6.07, 6.45) is -0.152. The van der Waals surface area contributed by atoms with Gasteiger partial charge in [-0.2, -0.15) is 4.31 Å². The molecule has 1 saturated heterocycles. The summed E-state index contributed by atoms with van der Waals surface area (Å²) in [5.41, 5.74) is 0.895. The highest BCUT2D eigenvalue weighted by Crippen LogP contribution is 2.19. The second-order valence-electron chi connectivity index (χ2n) is 7.34. The Kier molecular flexibility index (Phi) is 7.64. The number of nitrogens with zero attached hydrogens (tertiary/aromatic N) is 2. The van der Waals surface area contributed by atoms with Crippen molar-refractivity contribution in [2.24, 2.45) is 0 Å². The average Bonchev–Trinajstić information content (AvgIpc) is 3.04. The first-order valence-electron chi connectivity index (χ1n) is 10.1. The summed E-state index contributed by atoms with van der Waals surface area (Å²) in [6.45, 7) is 3.15. The Morgan fingerprint density at radius 1 is 1.10 bits per heavy atom. The molecule has 0 saturated carbocycles. The predicted molar refractivity (Wildman–Crippen MR) is 114 cm³/mol. The predicted octanol–water partition coefficient (Wildman–Crippen LogP) is 2.66. The van der Waals surface area contributed by atoms with Crippen molar-refractivity contribution in [3.8, 4) is 5.75 Å². The summed E-state index contributed by atoms with van der Waals surface area (Å²) in [5, 5.41) is 0. The third kappa shape index (κ3) is 5.81. The highest BCUT2D eigenvalue weighted by Gasteiger charge is 2.29. The van der Waals surface area contributed by atoms with E-state index >= 15 is 0 Å². The van der Waals surface area contributed by atoms with Crippen LogP contribution in [0.2, 0.25) is 0 Å². The van der Waals surface area contributed by atoms with E-state index in [-0.39, 0.29) is 30.5 Å².